The number of nitrogens with one attached hydrogen (secondary N) is 1. The van der Waals surface area contributed by atoms with Crippen LogP contribution < -0.4 is 14.8 Å². The Balaban J connectivity index is 2.72. The maximum Gasteiger partial charge on any atom is 0.224 e. The largest absolute Gasteiger partial charge is 0.481 e. The van der Waals surface area contributed by atoms with Gasteiger partial charge in [-0.05, 0) is 27.9 Å². The lowest BCUT2D eigenvalue weighted by molar-refractivity contribution is 0.189. The van der Waals surface area contributed by atoms with E-state index in [-0.39, 0.29) is 5.54 Å². The summed E-state index contributed by atoms with van der Waals surface area (Å²) in [7, 11) is 7.31. The topological polar surface area (TPSA) is 59.5 Å². The van der Waals surface area contributed by atoms with E-state index in [9.17, 15) is 0 Å². The summed E-state index contributed by atoms with van der Waals surface area (Å²) in [5.41, 5.74) is 0.901. The predicted octanol–water partition coefficient (Wildman–Crippen LogP) is 0.924. The Morgan fingerprint density at radius 1 is 1.16 bits per heavy atom. The molecule has 0 saturated carbocycles. The summed E-state index contributed by atoms with van der Waals surface area (Å²) in [6.45, 7) is 5.79. The molecule has 1 aromatic rings. The normalized spacial score (nSPS) is 11.7. The van der Waals surface area contributed by atoms with Gasteiger partial charge in [0.15, 0.2) is 0 Å². The highest BCUT2D eigenvalue weighted by atomic mass is 16.5. The number of methoxy groups -OCH3 is 2. The molecule has 6 heteroatoms. The Morgan fingerprint density at radius 2 is 1.68 bits per heavy atom. The van der Waals surface area contributed by atoms with Crippen LogP contribution >= 0.6 is 0 Å². The van der Waals surface area contributed by atoms with Gasteiger partial charge in [0, 0.05) is 18.6 Å². The zero-order chi connectivity index (χ0) is 14.5. The summed E-state index contributed by atoms with van der Waals surface area (Å²) in [5.74, 6) is 1.09. The molecule has 1 aromatic heterocycles. The number of ether oxygens (including phenoxy) is 2. The van der Waals surface area contributed by atoms with Crippen molar-refractivity contribution in [1.82, 2.24) is 20.2 Å². The first-order valence-corrected chi connectivity index (χ1v) is 6.22. The molecule has 0 spiro atoms. The van der Waals surface area contributed by atoms with E-state index in [2.05, 4.69) is 48.1 Å². The summed E-state index contributed by atoms with van der Waals surface area (Å²) in [6.07, 6.45) is 1.44. The second kappa shape index (κ2) is 6.68. The van der Waals surface area contributed by atoms with Gasteiger partial charge in [0.1, 0.15) is 6.33 Å². The van der Waals surface area contributed by atoms with Crippen molar-refractivity contribution in [3.8, 4) is 11.8 Å². The molecule has 0 saturated heterocycles. The fourth-order valence-electron chi connectivity index (χ4n) is 1.54. The van der Waals surface area contributed by atoms with Crippen molar-refractivity contribution in [3.63, 3.8) is 0 Å². The standard InChI is InChI=1S/C13H24N4O2/c1-13(2,17(3)4)8-14-7-10-11(18-5)15-9-16-12(10)19-6/h9,14H,7-8H2,1-6H3. The SMILES string of the molecule is COc1ncnc(OC)c1CNCC(C)(C)N(C)C. The molecule has 0 fully saturated rings. The van der Waals surface area contributed by atoms with Crippen LogP contribution in [-0.4, -0.2) is 55.3 Å². The average molecular weight is 268 g/mol. The van der Waals surface area contributed by atoms with Gasteiger partial charge in [-0.2, -0.15) is 0 Å². The van der Waals surface area contributed by atoms with Crippen LogP contribution in [0.4, 0.5) is 0 Å². The van der Waals surface area contributed by atoms with Crippen molar-refractivity contribution < 1.29 is 9.47 Å². The summed E-state index contributed by atoms with van der Waals surface area (Å²) in [6, 6.07) is 0. The smallest absolute Gasteiger partial charge is 0.224 e. The second-order valence-electron chi connectivity index (χ2n) is 5.18. The minimum atomic E-state index is 0.0656. The van der Waals surface area contributed by atoms with E-state index in [1.807, 2.05) is 0 Å². The Labute approximate surface area is 115 Å². The van der Waals surface area contributed by atoms with E-state index in [4.69, 9.17) is 9.47 Å². The van der Waals surface area contributed by atoms with E-state index < -0.39 is 0 Å². The maximum absolute atomic E-state index is 5.24. The van der Waals surface area contributed by atoms with Gasteiger partial charge in [-0.1, -0.05) is 0 Å². The van der Waals surface area contributed by atoms with Gasteiger partial charge in [-0.15, -0.1) is 0 Å². The molecule has 19 heavy (non-hydrogen) atoms. The molecule has 0 unspecified atom stereocenters. The van der Waals surface area contributed by atoms with Crippen molar-refractivity contribution in [2.45, 2.75) is 25.9 Å². The third-order valence-corrected chi connectivity index (χ3v) is 3.32. The fraction of sp³-hybridized carbons (Fsp3) is 0.692. The van der Waals surface area contributed by atoms with Crippen molar-refractivity contribution in [2.75, 3.05) is 34.9 Å². The highest BCUT2D eigenvalue weighted by Crippen LogP contribution is 2.23. The second-order valence-corrected chi connectivity index (χ2v) is 5.18. The predicted molar refractivity (Wildman–Crippen MR) is 74.6 cm³/mol. The first kappa shape index (κ1) is 15.7. The average Bonchev–Trinajstić information content (AvgIpc) is 2.38. The van der Waals surface area contributed by atoms with Crippen molar-refractivity contribution in [2.24, 2.45) is 0 Å². The monoisotopic (exact) mass is 268 g/mol. The molecule has 1 N–H and O–H groups in total. The Hall–Kier alpha value is -1.40. The highest BCUT2D eigenvalue weighted by molar-refractivity contribution is 5.34. The maximum atomic E-state index is 5.24. The molecule has 6 nitrogen and oxygen atoms in total. The van der Waals surface area contributed by atoms with Crippen LogP contribution in [0.5, 0.6) is 11.8 Å². The van der Waals surface area contributed by atoms with Crippen LogP contribution in [0.2, 0.25) is 0 Å². The number of aromatic nitrogens is 2. The lowest BCUT2D eigenvalue weighted by Crippen LogP contribution is -2.46. The fourth-order valence-corrected chi connectivity index (χ4v) is 1.54. The van der Waals surface area contributed by atoms with Gasteiger partial charge in [0.2, 0.25) is 11.8 Å². The van der Waals surface area contributed by atoms with Crippen molar-refractivity contribution >= 4 is 0 Å². The third-order valence-electron chi connectivity index (χ3n) is 3.32. The first-order valence-electron chi connectivity index (χ1n) is 6.22. The van der Waals surface area contributed by atoms with E-state index >= 15 is 0 Å². The molecular weight excluding hydrogens is 244 g/mol. The molecule has 0 aliphatic carbocycles. The number of nitrogens with zero attached hydrogens (tertiary/aromatic N) is 3. The van der Waals surface area contributed by atoms with E-state index in [1.165, 1.54) is 6.33 Å². The molecule has 0 bridgehead atoms. The van der Waals surface area contributed by atoms with Crippen LogP contribution in [-0.2, 0) is 6.54 Å². The zero-order valence-electron chi connectivity index (χ0n) is 12.6. The summed E-state index contributed by atoms with van der Waals surface area (Å²) >= 11 is 0. The number of hydrogen-bond acceptors (Lipinski definition) is 6. The molecule has 0 atom stereocenters. The minimum absolute atomic E-state index is 0.0656. The molecule has 0 aliphatic heterocycles. The van der Waals surface area contributed by atoms with E-state index in [0.717, 1.165) is 12.1 Å². The third kappa shape index (κ3) is 4.04. The zero-order valence-corrected chi connectivity index (χ0v) is 12.6. The molecule has 1 heterocycles. The van der Waals surface area contributed by atoms with Crippen LogP contribution in [0.15, 0.2) is 6.33 Å². The molecular formula is C13H24N4O2. The Kier molecular flexibility index (Phi) is 5.50. The van der Waals surface area contributed by atoms with Crippen molar-refractivity contribution in [3.05, 3.63) is 11.9 Å². The number of rotatable bonds is 7. The lowest BCUT2D eigenvalue weighted by Gasteiger charge is -2.32. The number of likely N-dealkylation sites (N-methyl/N-ethyl adjacent to an activating group) is 1. The van der Waals surface area contributed by atoms with Gasteiger partial charge in [-0.3, -0.25) is 0 Å². The summed E-state index contributed by atoms with van der Waals surface area (Å²) in [5, 5.41) is 3.39. The minimum Gasteiger partial charge on any atom is -0.481 e. The first-order chi connectivity index (χ1) is 8.92. The van der Waals surface area contributed by atoms with Gasteiger partial charge >= 0.3 is 0 Å². The quantitative estimate of drug-likeness (QED) is 0.793. The summed E-state index contributed by atoms with van der Waals surface area (Å²) < 4.78 is 10.5. The van der Waals surface area contributed by atoms with Gasteiger partial charge in [0.25, 0.3) is 0 Å². The molecule has 108 valence electrons. The summed E-state index contributed by atoms with van der Waals surface area (Å²) in [4.78, 5) is 10.4. The molecule has 0 amide bonds. The van der Waals surface area contributed by atoms with E-state index in [1.54, 1.807) is 14.2 Å². The molecule has 0 aliphatic rings. The Bertz CT molecular complexity index is 385. The van der Waals surface area contributed by atoms with Gasteiger partial charge < -0.3 is 19.7 Å². The molecule has 1 rings (SSSR count). The van der Waals surface area contributed by atoms with Crippen LogP contribution in [0.1, 0.15) is 19.4 Å². The van der Waals surface area contributed by atoms with Crippen LogP contribution in [0.25, 0.3) is 0 Å². The van der Waals surface area contributed by atoms with E-state index in [0.29, 0.717) is 18.3 Å². The van der Waals surface area contributed by atoms with Crippen molar-refractivity contribution in [1.29, 1.82) is 0 Å². The van der Waals surface area contributed by atoms with Gasteiger partial charge in [0.05, 0.1) is 19.8 Å². The molecule has 0 radical (unpaired) electrons. The van der Waals surface area contributed by atoms with Crippen LogP contribution in [0, 0.1) is 0 Å². The van der Waals surface area contributed by atoms with Crippen LogP contribution in [0.3, 0.4) is 0 Å². The highest BCUT2D eigenvalue weighted by Gasteiger charge is 2.20. The Morgan fingerprint density at radius 3 is 2.11 bits per heavy atom. The molecule has 0 aromatic carbocycles. The van der Waals surface area contributed by atoms with Gasteiger partial charge in [-0.25, -0.2) is 9.97 Å². The lowest BCUT2D eigenvalue weighted by atomic mass is 10.0. The number of hydrogen-bond donors (Lipinski definition) is 1.